The standard InChI is InChI=1S/C14H29N3O/c1-16(2)12-13-3-7-17(8-4-13)9-5-14-11-15-6-10-18-14/h13-15H,3-12H2,1-2H3. The molecule has 0 saturated carbocycles. The highest BCUT2D eigenvalue weighted by atomic mass is 16.5. The number of rotatable bonds is 5. The topological polar surface area (TPSA) is 27.7 Å². The highest BCUT2D eigenvalue weighted by Crippen LogP contribution is 2.18. The summed E-state index contributed by atoms with van der Waals surface area (Å²) in [6.07, 6.45) is 4.35. The summed E-state index contributed by atoms with van der Waals surface area (Å²) < 4.78 is 5.75. The summed E-state index contributed by atoms with van der Waals surface area (Å²) >= 11 is 0. The van der Waals surface area contributed by atoms with Gasteiger partial charge in [-0.25, -0.2) is 0 Å². The van der Waals surface area contributed by atoms with Gasteiger partial charge in [-0.15, -0.1) is 0 Å². The molecule has 106 valence electrons. The number of ether oxygens (including phenoxy) is 1. The second-order valence-electron chi connectivity index (χ2n) is 6.03. The normalized spacial score (nSPS) is 27.8. The Hall–Kier alpha value is -0.160. The fraction of sp³-hybridized carbons (Fsp3) is 1.00. The van der Waals surface area contributed by atoms with E-state index in [0.717, 1.165) is 25.6 Å². The van der Waals surface area contributed by atoms with E-state index in [9.17, 15) is 0 Å². The molecule has 0 aromatic carbocycles. The van der Waals surface area contributed by atoms with Crippen molar-refractivity contribution in [2.45, 2.75) is 25.4 Å². The van der Waals surface area contributed by atoms with Crippen molar-refractivity contribution in [3.05, 3.63) is 0 Å². The summed E-state index contributed by atoms with van der Waals surface area (Å²) in [6.45, 7) is 7.96. The third-order valence-corrected chi connectivity index (χ3v) is 4.10. The Morgan fingerprint density at radius 1 is 1.28 bits per heavy atom. The highest BCUT2D eigenvalue weighted by Gasteiger charge is 2.21. The lowest BCUT2D eigenvalue weighted by molar-refractivity contribution is 0.0149. The molecule has 2 heterocycles. The zero-order chi connectivity index (χ0) is 12.8. The lowest BCUT2D eigenvalue weighted by Crippen LogP contribution is -2.42. The molecule has 2 aliphatic rings. The zero-order valence-corrected chi connectivity index (χ0v) is 12.0. The van der Waals surface area contributed by atoms with Crippen LogP contribution in [0.5, 0.6) is 0 Å². The monoisotopic (exact) mass is 255 g/mol. The van der Waals surface area contributed by atoms with E-state index in [1.165, 1.54) is 45.4 Å². The number of morpholine rings is 1. The number of hydrogen-bond acceptors (Lipinski definition) is 4. The molecule has 1 atom stereocenters. The van der Waals surface area contributed by atoms with Crippen LogP contribution in [0, 0.1) is 5.92 Å². The van der Waals surface area contributed by atoms with Gasteiger partial charge >= 0.3 is 0 Å². The summed E-state index contributed by atoms with van der Waals surface area (Å²) in [5.74, 6) is 0.906. The quantitative estimate of drug-likeness (QED) is 0.780. The van der Waals surface area contributed by atoms with Gasteiger partial charge in [-0.05, 0) is 52.4 Å². The van der Waals surface area contributed by atoms with Crippen LogP contribution in [0.2, 0.25) is 0 Å². The van der Waals surface area contributed by atoms with Gasteiger partial charge in [0.2, 0.25) is 0 Å². The molecule has 0 spiro atoms. The largest absolute Gasteiger partial charge is 0.376 e. The maximum atomic E-state index is 5.75. The van der Waals surface area contributed by atoms with Crippen LogP contribution < -0.4 is 5.32 Å². The Morgan fingerprint density at radius 2 is 2.06 bits per heavy atom. The second-order valence-corrected chi connectivity index (χ2v) is 6.03. The van der Waals surface area contributed by atoms with Gasteiger partial charge < -0.3 is 19.9 Å². The molecule has 1 N–H and O–H groups in total. The number of piperidine rings is 1. The van der Waals surface area contributed by atoms with Crippen LogP contribution in [0.25, 0.3) is 0 Å². The SMILES string of the molecule is CN(C)CC1CCN(CCC2CNCCO2)CC1. The molecule has 0 radical (unpaired) electrons. The zero-order valence-electron chi connectivity index (χ0n) is 12.0. The first kappa shape index (κ1) is 14.3. The van der Waals surface area contributed by atoms with Crippen LogP contribution in [0.3, 0.4) is 0 Å². The molecular formula is C14H29N3O. The van der Waals surface area contributed by atoms with E-state index in [0.29, 0.717) is 6.10 Å². The number of likely N-dealkylation sites (tertiary alicyclic amines) is 1. The molecule has 1 unspecified atom stereocenters. The molecule has 0 aromatic heterocycles. The van der Waals surface area contributed by atoms with Crippen molar-refractivity contribution in [1.29, 1.82) is 0 Å². The molecule has 0 aromatic rings. The summed E-state index contributed by atoms with van der Waals surface area (Å²) in [7, 11) is 4.36. The predicted molar refractivity (Wildman–Crippen MR) is 74.9 cm³/mol. The van der Waals surface area contributed by atoms with Gasteiger partial charge in [0.05, 0.1) is 12.7 Å². The lowest BCUT2D eigenvalue weighted by atomic mass is 9.96. The summed E-state index contributed by atoms with van der Waals surface area (Å²) in [5.41, 5.74) is 0. The van der Waals surface area contributed by atoms with Crippen LogP contribution >= 0.6 is 0 Å². The maximum absolute atomic E-state index is 5.75. The van der Waals surface area contributed by atoms with Crippen LogP contribution in [0.15, 0.2) is 0 Å². The van der Waals surface area contributed by atoms with Gasteiger partial charge in [-0.3, -0.25) is 0 Å². The minimum Gasteiger partial charge on any atom is -0.376 e. The molecule has 4 heteroatoms. The van der Waals surface area contributed by atoms with E-state index in [4.69, 9.17) is 4.74 Å². The second kappa shape index (κ2) is 7.43. The van der Waals surface area contributed by atoms with Crippen LogP contribution in [0.1, 0.15) is 19.3 Å². The van der Waals surface area contributed by atoms with E-state index in [1.807, 2.05) is 0 Å². The molecule has 2 saturated heterocycles. The number of nitrogens with zero attached hydrogens (tertiary/aromatic N) is 2. The van der Waals surface area contributed by atoms with Gasteiger partial charge in [0.15, 0.2) is 0 Å². The minimum atomic E-state index is 0.443. The minimum absolute atomic E-state index is 0.443. The van der Waals surface area contributed by atoms with Gasteiger partial charge in [0, 0.05) is 26.2 Å². The average Bonchev–Trinajstić information content (AvgIpc) is 2.38. The fourth-order valence-corrected chi connectivity index (χ4v) is 3.04. The Kier molecular flexibility index (Phi) is 5.89. The first-order valence-corrected chi connectivity index (χ1v) is 7.43. The molecule has 0 bridgehead atoms. The van der Waals surface area contributed by atoms with Gasteiger partial charge in [-0.1, -0.05) is 0 Å². The van der Waals surface area contributed by atoms with Crippen LogP contribution in [-0.4, -0.2) is 75.9 Å². The van der Waals surface area contributed by atoms with Crippen LogP contribution in [0.4, 0.5) is 0 Å². The number of nitrogens with one attached hydrogen (secondary N) is 1. The first-order valence-electron chi connectivity index (χ1n) is 7.43. The van der Waals surface area contributed by atoms with Crippen molar-refractivity contribution in [2.24, 2.45) is 5.92 Å². The molecule has 2 aliphatic heterocycles. The maximum Gasteiger partial charge on any atom is 0.0712 e. The van der Waals surface area contributed by atoms with E-state index < -0.39 is 0 Å². The molecular weight excluding hydrogens is 226 g/mol. The third kappa shape index (κ3) is 4.84. The predicted octanol–water partition coefficient (Wildman–Crippen LogP) is 0.639. The Bertz CT molecular complexity index is 221. The molecule has 4 nitrogen and oxygen atoms in total. The first-order chi connectivity index (χ1) is 8.74. The lowest BCUT2D eigenvalue weighted by Gasteiger charge is -2.34. The van der Waals surface area contributed by atoms with Crippen molar-refractivity contribution in [3.8, 4) is 0 Å². The molecule has 2 rings (SSSR count). The van der Waals surface area contributed by atoms with E-state index in [1.54, 1.807) is 0 Å². The summed E-state index contributed by atoms with van der Waals surface area (Å²) in [5, 5.41) is 3.40. The van der Waals surface area contributed by atoms with E-state index in [2.05, 4.69) is 29.2 Å². The third-order valence-electron chi connectivity index (χ3n) is 4.10. The van der Waals surface area contributed by atoms with Crippen molar-refractivity contribution in [2.75, 3.05) is 60.0 Å². The van der Waals surface area contributed by atoms with E-state index >= 15 is 0 Å². The van der Waals surface area contributed by atoms with Crippen molar-refractivity contribution < 1.29 is 4.74 Å². The van der Waals surface area contributed by atoms with Crippen molar-refractivity contribution >= 4 is 0 Å². The molecule has 0 amide bonds. The van der Waals surface area contributed by atoms with Crippen LogP contribution in [-0.2, 0) is 4.74 Å². The number of hydrogen-bond donors (Lipinski definition) is 1. The summed E-state index contributed by atoms with van der Waals surface area (Å²) in [4.78, 5) is 4.94. The van der Waals surface area contributed by atoms with Gasteiger partial charge in [0.25, 0.3) is 0 Å². The molecule has 0 aliphatic carbocycles. The van der Waals surface area contributed by atoms with Gasteiger partial charge in [0.1, 0.15) is 0 Å². The summed E-state index contributed by atoms with van der Waals surface area (Å²) in [6, 6.07) is 0. The van der Waals surface area contributed by atoms with E-state index in [-0.39, 0.29) is 0 Å². The fourth-order valence-electron chi connectivity index (χ4n) is 3.04. The molecule has 2 fully saturated rings. The average molecular weight is 255 g/mol. The molecule has 18 heavy (non-hydrogen) atoms. The smallest absolute Gasteiger partial charge is 0.0712 e. The highest BCUT2D eigenvalue weighted by molar-refractivity contribution is 4.76. The van der Waals surface area contributed by atoms with Crippen molar-refractivity contribution in [3.63, 3.8) is 0 Å². The Balaban J connectivity index is 1.58. The Morgan fingerprint density at radius 3 is 2.67 bits per heavy atom. The van der Waals surface area contributed by atoms with Crippen molar-refractivity contribution in [1.82, 2.24) is 15.1 Å². The Labute approximate surface area is 112 Å². The van der Waals surface area contributed by atoms with Gasteiger partial charge in [-0.2, -0.15) is 0 Å².